The fraction of sp³-hybridized carbons (Fsp3) is 0.318. The maximum Gasteiger partial charge on any atom is 0.194 e. The van der Waals surface area contributed by atoms with Gasteiger partial charge in [-0.3, -0.25) is 0 Å². The number of nitrogens with zero attached hydrogens (tertiary/aromatic N) is 1. The fourth-order valence-corrected chi connectivity index (χ4v) is 3.03. The molecule has 0 saturated carbocycles. The van der Waals surface area contributed by atoms with Gasteiger partial charge in [-0.15, -0.1) is 0 Å². The number of hydrogen-bond acceptors (Lipinski definition) is 5. The first-order valence-corrected chi connectivity index (χ1v) is 9.37. The number of aryl methyl sites for hydroxylation is 2. The molecule has 1 unspecified atom stereocenters. The Morgan fingerprint density at radius 1 is 0.964 bits per heavy atom. The van der Waals surface area contributed by atoms with Crippen molar-refractivity contribution in [1.82, 2.24) is 4.98 Å². The first-order chi connectivity index (χ1) is 13.5. The van der Waals surface area contributed by atoms with Crippen molar-refractivity contribution in [2.45, 2.75) is 30.9 Å². The van der Waals surface area contributed by atoms with Crippen molar-refractivity contribution in [2.75, 3.05) is 13.2 Å². The molecule has 0 aliphatic heterocycles. The van der Waals surface area contributed by atoms with Crippen LogP contribution in [0.1, 0.15) is 29.5 Å². The lowest BCUT2D eigenvalue weighted by atomic mass is 9.91. The molecule has 3 rings (SSSR count). The highest BCUT2D eigenvalue weighted by molar-refractivity contribution is 5.57. The Balaban J connectivity index is 1.57. The van der Waals surface area contributed by atoms with E-state index in [1.54, 1.807) is 6.26 Å². The van der Waals surface area contributed by atoms with Crippen LogP contribution in [0.2, 0.25) is 0 Å². The molecule has 0 amide bonds. The van der Waals surface area contributed by atoms with Gasteiger partial charge >= 0.3 is 0 Å². The van der Waals surface area contributed by atoms with Crippen molar-refractivity contribution in [3.63, 3.8) is 0 Å². The number of oxazole rings is 1. The minimum absolute atomic E-state index is 0.192. The van der Waals surface area contributed by atoms with Crippen molar-refractivity contribution >= 4 is 0 Å². The van der Waals surface area contributed by atoms with E-state index in [0.29, 0.717) is 12.3 Å². The van der Waals surface area contributed by atoms with E-state index in [9.17, 15) is 15.3 Å². The van der Waals surface area contributed by atoms with Gasteiger partial charge in [-0.05, 0) is 17.5 Å². The van der Waals surface area contributed by atoms with Crippen molar-refractivity contribution < 1.29 is 25.5 Å². The van der Waals surface area contributed by atoms with Gasteiger partial charge in [0, 0.05) is 18.4 Å². The zero-order chi connectivity index (χ0) is 20.0. The van der Waals surface area contributed by atoms with E-state index < -0.39 is 11.6 Å². The molecule has 1 aromatic heterocycles. The summed E-state index contributed by atoms with van der Waals surface area (Å²) < 4.78 is 5.58. The highest BCUT2D eigenvalue weighted by Gasteiger charge is 2.31. The first-order valence-electron chi connectivity index (χ1n) is 9.37. The predicted octanol–water partition coefficient (Wildman–Crippen LogP) is 1.52. The van der Waals surface area contributed by atoms with E-state index in [4.69, 9.17) is 4.42 Å². The summed E-state index contributed by atoms with van der Waals surface area (Å²) in [5, 5.41) is 29.0. The second-order valence-electron chi connectivity index (χ2n) is 7.27. The quantitative estimate of drug-likeness (QED) is 0.447. The Bertz CT molecular complexity index is 858. The molecular weight excluding hydrogens is 356 g/mol. The maximum atomic E-state index is 10.3. The number of aromatic nitrogens is 1. The van der Waals surface area contributed by atoms with E-state index in [0.717, 1.165) is 28.8 Å². The highest BCUT2D eigenvalue weighted by atomic mass is 16.3. The molecule has 0 aliphatic carbocycles. The topological polar surface area (TPSA) is 114 Å². The van der Waals surface area contributed by atoms with Crippen LogP contribution in [0.4, 0.5) is 0 Å². The molecule has 6 N–H and O–H groups in total. The Kier molecular flexibility index (Phi) is 6.59. The van der Waals surface area contributed by atoms with Crippen LogP contribution in [-0.2, 0) is 12.8 Å². The highest BCUT2D eigenvalue weighted by Crippen LogP contribution is 2.23. The Hall–Kier alpha value is -2.51. The Morgan fingerprint density at radius 2 is 1.64 bits per heavy atom. The van der Waals surface area contributed by atoms with E-state index in [2.05, 4.69) is 10.7 Å². The Morgan fingerprint density at radius 3 is 2.29 bits per heavy atom. The summed E-state index contributed by atoms with van der Waals surface area (Å²) in [5.74, 6) is 0.690. The molecule has 0 aliphatic rings. The van der Waals surface area contributed by atoms with Crippen LogP contribution in [0, 0.1) is 0 Å². The maximum absolute atomic E-state index is 10.3. The van der Waals surface area contributed by atoms with Gasteiger partial charge in [0.15, 0.2) is 5.89 Å². The minimum Gasteiger partial charge on any atom is -0.448 e. The van der Waals surface area contributed by atoms with Crippen molar-refractivity contribution in [2.24, 2.45) is 0 Å². The monoisotopic (exact) mass is 383 g/mol. The third-order valence-electron chi connectivity index (χ3n) is 4.91. The number of quaternary nitrogens is 1. The van der Waals surface area contributed by atoms with Crippen LogP contribution in [0.25, 0.3) is 11.3 Å². The largest absolute Gasteiger partial charge is 0.448 e. The summed E-state index contributed by atoms with van der Waals surface area (Å²) in [7, 11) is 0. The number of aliphatic hydroxyl groups is 3. The number of rotatable bonds is 9. The molecule has 6 heteroatoms. The van der Waals surface area contributed by atoms with Crippen LogP contribution in [0.3, 0.4) is 0 Å². The van der Waals surface area contributed by atoms with Gasteiger partial charge in [-0.1, -0.05) is 54.6 Å². The summed E-state index contributed by atoms with van der Waals surface area (Å²) >= 11 is 0. The average molecular weight is 383 g/mol. The third kappa shape index (κ3) is 5.05. The van der Waals surface area contributed by atoms with Crippen molar-refractivity contribution in [3.8, 4) is 11.3 Å². The molecule has 0 radical (unpaired) electrons. The lowest BCUT2D eigenvalue weighted by Crippen LogP contribution is -2.77. The van der Waals surface area contributed by atoms with Gasteiger partial charge < -0.3 is 25.5 Å². The van der Waals surface area contributed by atoms with E-state index in [1.165, 1.54) is 0 Å². The van der Waals surface area contributed by atoms with Gasteiger partial charge in [0.05, 0.1) is 6.10 Å². The molecular formula is C22H27N2O4+. The third-order valence-corrected chi connectivity index (χ3v) is 4.91. The molecule has 1 atom stereocenters. The number of benzene rings is 2. The van der Waals surface area contributed by atoms with E-state index in [-0.39, 0.29) is 19.6 Å². The minimum atomic E-state index is -0.945. The summed E-state index contributed by atoms with van der Waals surface area (Å²) in [6, 6.07) is 17.6. The molecule has 1 heterocycles. The SMILES string of the molecule is [NH3+]C(CO)(CO)CC(O)c1ccc(CCc2nc(-c3ccccc3)co2)cc1. The van der Waals surface area contributed by atoms with Crippen LogP contribution < -0.4 is 5.73 Å². The molecule has 0 spiro atoms. The van der Waals surface area contributed by atoms with Gasteiger partial charge in [0.1, 0.15) is 30.7 Å². The average Bonchev–Trinajstić information content (AvgIpc) is 3.22. The normalized spacial score (nSPS) is 12.9. The number of aliphatic hydroxyl groups excluding tert-OH is 3. The zero-order valence-electron chi connectivity index (χ0n) is 15.8. The molecule has 28 heavy (non-hydrogen) atoms. The second kappa shape index (κ2) is 9.12. The summed E-state index contributed by atoms with van der Waals surface area (Å²) in [4.78, 5) is 4.54. The van der Waals surface area contributed by atoms with E-state index >= 15 is 0 Å². The molecule has 3 aromatic rings. The number of hydrogen-bond donors (Lipinski definition) is 4. The van der Waals surface area contributed by atoms with Gasteiger partial charge in [0.25, 0.3) is 0 Å². The summed E-state index contributed by atoms with van der Waals surface area (Å²) in [6.45, 7) is -0.556. The van der Waals surface area contributed by atoms with Crippen LogP contribution in [-0.4, -0.2) is 39.1 Å². The molecule has 0 saturated heterocycles. The molecule has 148 valence electrons. The molecule has 6 nitrogen and oxygen atoms in total. The van der Waals surface area contributed by atoms with Crippen molar-refractivity contribution in [1.29, 1.82) is 0 Å². The van der Waals surface area contributed by atoms with Gasteiger partial charge in [0.2, 0.25) is 0 Å². The standard InChI is InChI=1S/C22H26N2O4/c23-22(14-25,15-26)12-20(27)18-9-6-16(7-10-18)8-11-21-24-19(13-28-21)17-4-2-1-3-5-17/h1-7,9-10,13,20,25-27H,8,11-12,14-15,23H2/p+1. The van der Waals surface area contributed by atoms with Crippen molar-refractivity contribution in [3.05, 3.63) is 77.9 Å². The molecule has 0 bridgehead atoms. The first kappa shape index (κ1) is 20.2. The van der Waals surface area contributed by atoms with Gasteiger partial charge in [-0.2, -0.15) is 0 Å². The van der Waals surface area contributed by atoms with Crippen LogP contribution in [0.5, 0.6) is 0 Å². The van der Waals surface area contributed by atoms with E-state index in [1.807, 2.05) is 54.6 Å². The smallest absolute Gasteiger partial charge is 0.194 e. The zero-order valence-corrected chi connectivity index (χ0v) is 15.8. The summed E-state index contributed by atoms with van der Waals surface area (Å²) in [6.07, 6.45) is 2.55. The molecule has 0 fully saturated rings. The Labute approximate surface area is 164 Å². The van der Waals surface area contributed by atoms with Crippen LogP contribution >= 0.6 is 0 Å². The lowest BCUT2D eigenvalue weighted by molar-refractivity contribution is -0.494. The second-order valence-corrected chi connectivity index (χ2v) is 7.27. The molecule has 2 aromatic carbocycles. The summed E-state index contributed by atoms with van der Waals surface area (Å²) in [5.41, 5.74) is 6.57. The van der Waals surface area contributed by atoms with Gasteiger partial charge in [-0.25, -0.2) is 4.98 Å². The lowest BCUT2D eigenvalue weighted by Gasteiger charge is -2.24. The fourth-order valence-electron chi connectivity index (χ4n) is 3.03. The predicted molar refractivity (Wildman–Crippen MR) is 105 cm³/mol. The van der Waals surface area contributed by atoms with Crippen LogP contribution in [0.15, 0.2) is 65.3 Å².